The van der Waals surface area contributed by atoms with E-state index in [4.69, 9.17) is 0 Å². The number of hydrogen-bond donors (Lipinski definition) is 2. The predicted octanol–water partition coefficient (Wildman–Crippen LogP) is 0.561. The standard InChI is InChI=1S/C9H22N2O2S/c1-4-5-9(2)8-14(12,13)11-7-6-10-3/h9-11H,4-8H2,1-3H3. The van der Waals surface area contributed by atoms with E-state index in [1.165, 1.54) is 0 Å². The van der Waals surface area contributed by atoms with E-state index in [9.17, 15) is 8.42 Å². The molecule has 0 rings (SSSR count). The summed E-state index contributed by atoms with van der Waals surface area (Å²) in [4.78, 5) is 0. The molecule has 0 heterocycles. The summed E-state index contributed by atoms with van der Waals surface area (Å²) in [6.45, 7) is 5.18. The highest BCUT2D eigenvalue weighted by Gasteiger charge is 2.13. The monoisotopic (exact) mass is 222 g/mol. The van der Waals surface area contributed by atoms with Crippen molar-refractivity contribution in [1.29, 1.82) is 0 Å². The van der Waals surface area contributed by atoms with Crippen LogP contribution >= 0.6 is 0 Å². The maximum atomic E-state index is 11.5. The van der Waals surface area contributed by atoms with E-state index in [0.29, 0.717) is 13.1 Å². The minimum Gasteiger partial charge on any atom is -0.318 e. The average Bonchev–Trinajstić information content (AvgIpc) is 2.03. The summed E-state index contributed by atoms with van der Waals surface area (Å²) in [7, 11) is -1.27. The molecular formula is C9H22N2O2S. The molecule has 0 fully saturated rings. The summed E-state index contributed by atoms with van der Waals surface area (Å²) in [6, 6.07) is 0. The van der Waals surface area contributed by atoms with Crippen molar-refractivity contribution < 1.29 is 8.42 Å². The first-order valence-corrected chi connectivity index (χ1v) is 6.79. The Morgan fingerprint density at radius 1 is 1.29 bits per heavy atom. The lowest BCUT2D eigenvalue weighted by Gasteiger charge is -2.11. The fourth-order valence-corrected chi connectivity index (χ4v) is 2.79. The van der Waals surface area contributed by atoms with Crippen LogP contribution in [0.1, 0.15) is 26.7 Å². The Hall–Kier alpha value is -0.130. The van der Waals surface area contributed by atoms with Crippen LogP contribution in [0.3, 0.4) is 0 Å². The quantitative estimate of drug-likeness (QED) is 0.590. The van der Waals surface area contributed by atoms with E-state index < -0.39 is 10.0 Å². The van der Waals surface area contributed by atoms with Crippen molar-refractivity contribution in [3.8, 4) is 0 Å². The third kappa shape index (κ3) is 7.29. The van der Waals surface area contributed by atoms with Crippen LogP contribution in [0.15, 0.2) is 0 Å². The first-order chi connectivity index (χ1) is 6.52. The van der Waals surface area contributed by atoms with Gasteiger partial charge < -0.3 is 5.32 Å². The Morgan fingerprint density at radius 2 is 1.93 bits per heavy atom. The SMILES string of the molecule is CCCC(C)CS(=O)(=O)NCCNC. The lowest BCUT2D eigenvalue weighted by molar-refractivity contribution is 0.535. The molecule has 0 saturated heterocycles. The molecule has 4 nitrogen and oxygen atoms in total. The predicted molar refractivity (Wildman–Crippen MR) is 59.8 cm³/mol. The fourth-order valence-electron chi connectivity index (χ4n) is 1.34. The van der Waals surface area contributed by atoms with Gasteiger partial charge in [0.25, 0.3) is 0 Å². The largest absolute Gasteiger partial charge is 0.318 e. The molecule has 2 N–H and O–H groups in total. The molecular weight excluding hydrogens is 200 g/mol. The lowest BCUT2D eigenvalue weighted by atomic mass is 10.1. The van der Waals surface area contributed by atoms with Gasteiger partial charge in [0.1, 0.15) is 0 Å². The molecule has 1 unspecified atom stereocenters. The van der Waals surface area contributed by atoms with Crippen LogP contribution in [0.5, 0.6) is 0 Å². The zero-order chi connectivity index (χ0) is 11.0. The van der Waals surface area contributed by atoms with Crippen molar-refractivity contribution in [1.82, 2.24) is 10.0 Å². The van der Waals surface area contributed by atoms with Gasteiger partial charge in [-0.2, -0.15) is 0 Å². The van der Waals surface area contributed by atoms with Gasteiger partial charge in [0, 0.05) is 13.1 Å². The number of rotatable bonds is 8. The van der Waals surface area contributed by atoms with Gasteiger partial charge in [-0.15, -0.1) is 0 Å². The van der Waals surface area contributed by atoms with Gasteiger partial charge >= 0.3 is 0 Å². The molecule has 0 aromatic rings. The number of hydrogen-bond acceptors (Lipinski definition) is 3. The summed E-state index contributed by atoms with van der Waals surface area (Å²) in [5, 5.41) is 2.89. The summed E-state index contributed by atoms with van der Waals surface area (Å²) >= 11 is 0. The van der Waals surface area contributed by atoms with E-state index in [-0.39, 0.29) is 11.7 Å². The summed E-state index contributed by atoms with van der Waals surface area (Å²) < 4.78 is 25.5. The van der Waals surface area contributed by atoms with Crippen molar-refractivity contribution in [2.45, 2.75) is 26.7 Å². The van der Waals surface area contributed by atoms with Crippen molar-refractivity contribution >= 4 is 10.0 Å². The second-order valence-electron chi connectivity index (χ2n) is 3.67. The zero-order valence-corrected chi connectivity index (χ0v) is 10.2. The highest BCUT2D eigenvalue weighted by Crippen LogP contribution is 2.07. The Balaban J connectivity index is 3.82. The van der Waals surface area contributed by atoms with E-state index in [2.05, 4.69) is 17.0 Å². The van der Waals surface area contributed by atoms with Gasteiger partial charge in [0.15, 0.2) is 0 Å². The molecule has 86 valence electrons. The molecule has 0 bridgehead atoms. The molecule has 0 amide bonds. The van der Waals surface area contributed by atoms with Crippen LogP contribution in [0.4, 0.5) is 0 Å². The molecule has 0 aromatic heterocycles. The van der Waals surface area contributed by atoms with Crippen LogP contribution in [0.25, 0.3) is 0 Å². The minimum atomic E-state index is -3.07. The second kappa shape index (κ2) is 7.20. The Morgan fingerprint density at radius 3 is 2.43 bits per heavy atom. The third-order valence-corrected chi connectivity index (χ3v) is 3.63. The molecule has 0 aliphatic carbocycles. The van der Waals surface area contributed by atoms with Gasteiger partial charge in [-0.25, -0.2) is 13.1 Å². The fraction of sp³-hybridized carbons (Fsp3) is 1.00. The van der Waals surface area contributed by atoms with Crippen LogP contribution in [-0.4, -0.2) is 34.3 Å². The van der Waals surface area contributed by atoms with E-state index in [1.807, 2.05) is 6.92 Å². The van der Waals surface area contributed by atoms with Crippen molar-refractivity contribution in [2.24, 2.45) is 5.92 Å². The highest BCUT2D eigenvalue weighted by atomic mass is 32.2. The molecule has 1 atom stereocenters. The topological polar surface area (TPSA) is 58.2 Å². The first kappa shape index (κ1) is 13.9. The number of sulfonamides is 1. The molecule has 14 heavy (non-hydrogen) atoms. The Bertz CT molecular complexity index is 227. The maximum Gasteiger partial charge on any atom is 0.211 e. The number of likely N-dealkylation sites (N-methyl/N-ethyl adjacent to an activating group) is 1. The van der Waals surface area contributed by atoms with Gasteiger partial charge in [-0.1, -0.05) is 20.3 Å². The van der Waals surface area contributed by atoms with Gasteiger partial charge in [-0.05, 0) is 19.4 Å². The van der Waals surface area contributed by atoms with Crippen molar-refractivity contribution in [3.63, 3.8) is 0 Å². The first-order valence-electron chi connectivity index (χ1n) is 5.13. The third-order valence-electron chi connectivity index (χ3n) is 1.98. The Kier molecular flexibility index (Phi) is 7.13. The smallest absolute Gasteiger partial charge is 0.211 e. The van der Waals surface area contributed by atoms with Gasteiger partial charge in [-0.3, -0.25) is 0 Å². The van der Waals surface area contributed by atoms with Crippen LogP contribution in [0, 0.1) is 5.92 Å². The molecule has 0 radical (unpaired) electrons. The summed E-state index contributed by atoms with van der Waals surface area (Å²) in [5.41, 5.74) is 0. The molecule has 0 spiro atoms. The van der Waals surface area contributed by atoms with Crippen LogP contribution in [-0.2, 0) is 10.0 Å². The Labute approximate surface area is 87.5 Å². The molecule has 5 heteroatoms. The van der Waals surface area contributed by atoms with Crippen LogP contribution in [0.2, 0.25) is 0 Å². The molecule has 0 saturated carbocycles. The van der Waals surface area contributed by atoms with Gasteiger partial charge in [0.05, 0.1) is 5.75 Å². The average molecular weight is 222 g/mol. The zero-order valence-electron chi connectivity index (χ0n) is 9.34. The van der Waals surface area contributed by atoms with Crippen molar-refractivity contribution in [3.05, 3.63) is 0 Å². The number of nitrogens with one attached hydrogen (secondary N) is 2. The highest BCUT2D eigenvalue weighted by molar-refractivity contribution is 7.89. The summed E-state index contributed by atoms with van der Waals surface area (Å²) in [6.07, 6.45) is 2.00. The van der Waals surface area contributed by atoms with E-state index in [0.717, 1.165) is 12.8 Å². The maximum absolute atomic E-state index is 11.5. The lowest BCUT2D eigenvalue weighted by Crippen LogP contribution is -2.33. The summed E-state index contributed by atoms with van der Waals surface area (Å²) in [5.74, 6) is 0.483. The molecule has 0 aromatic carbocycles. The molecule has 0 aliphatic heterocycles. The van der Waals surface area contributed by atoms with Gasteiger partial charge in [0.2, 0.25) is 10.0 Å². The second-order valence-corrected chi connectivity index (χ2v) is 5.52. The van der Waals surface area contributed by atoms with E-state index in [1.54, 1.807) is 7.05 Å². The van der Waals surface area contributed by atoms with E-state index >= 15 is 0 Å². The normalized spacial score (nSPS) is 14.2. The van der Waals surface area contributed by atoms with Crippen molar-refractivity contribution in [2.75, 3.05) is 25.9 Å². The van der Waals surface area contributed by atoms with Crippen LogP contribution < -0.4 is 10.0 Å². The minimum absolute atomic E-state index is 0.241. The molecule has 0 aliphatic rings.